The average Bonchev–Trinajstić information content (AvgIpc) is 2.93. The first-order chi connectivity index (χ1) is 11.1. The number of nitrogens with zero attached hydrogens (tertiary/aromatic N) is 2. The van der Waals surface area contributed by atoms with E-state index in [-0.39, 0.29) is 0 Å². The van der Waals surface area contributed by atoms with E-state index in [0.717, 1.165) is 17.9 Å². The number of hydrogen-bond donors (Lipinski definition) is 1. The largest absolute Gasteiger partial charge is 0.481 e. The zero-order valence-electron chi connectivity index (χ0n) is 13.1. The molecule has 1 aromatic heterocycles. The van der Waals surface area contributed by atoms with E-state index in [1.54, 1.807) is 12.4 Å². The molecule has 0 saturated carbocycles. The van der Waals surface area contributed by atoms with Crippen molar-refractivity contribution in [2.75, 3.05) is 13.1 Å². The van der Waals surface area contributed by atoms with Gasteiger partial charge in [0.15, 0.2) is 0 Å². The minimum atomic E-state index is -0.722. The molecule has 5 heteroatoms. The number of hydrogen-bond acceptors (Lipinski definition) is 4. The fourth-order valence-corrected chi connectivity index (χ4v) is 2.88. The molecule has 5 nitrogen and oxygen atoms in total. The first kappa shape index (κ1) is 15.5. The molecule has 1 aliphatic rings. The van der Waals surface area contributed by atoms with E-state index in [9.17, 15) is 9.90 Å². The molecule has 1 fully saturated rings. The Labute approximate surface area is 135 Å². The predicted molar refractivity (Wildman–Crippen MR) is 86.4 cm³/mol. The number of aromatic nitrogens is 1. The number of ether oxygens (including phenoxy) is 1. The van der Waals surface area contributed by atoms with Gasteiger partial charge in [0.25, 0.3) is 0 Å². The molecule has 1 N–H and O–H groups in total. The van der Waals surface area contributed by atoms with Crippen LogP contribution < -0.4 is 4.74 Å². The molecule has 23 heavy (non-hydrogen) atoms. The van der Waals surface area contributed by atoms with Crippen LogP contribution in [0.25, 0.3) is 0 Å². The van der Waals surface area contributed by atoms with Gasteiger partial charge < -0.3 is 9.84 Å². The van der Waals surface area contributed by atoms with Crippen LogP contribution in [0, 0.1) is 5.41 Å². The number of aliphatic carboxylic acids is 1. The van der Waals surface area contributed by atoms with Crippen LogP contribution in [0.15, 0.2) is 48.8 Å². The molecule has 1 aliphatic heterocycles. The first-order valence-corrected chi connectivity index (χ1v) is 7.68. The van der Waals surface area contributed by atoms with Crippen LogP contribution in [0.1, 0.15) is 18.9 Å². The summed E-state index contributed by atoms with van der Waals surface area (Å²) in [6.07, 6.45) is 4.05. The summed E-state index contributed by atoms with van der Waals surface area (Å²) < 4.78 is 5.91. The van der Waals surface area contributed by atoms with E-state index >= 15 is 0 Å². The lowest BCUT2D eigenvalue weighted by atomic mass is 9.90. The normalized spacial score (nSPS) is 21.3. The highest BCUT2D eigenvalue weighted by Gasteiger charge is 2.40. The molecule has 3 rings (SSSR count). The van der Waals surface area contributed by atoms with Crippen molar-refractivity contribution in [3.05, 3.63) is 54.4 Å². The molecule has 0 aliphatic carbocycles. The molecule has 0 amide bonds. The highest BCUT2D eigenvalue weighted by Crippen LogP contribution is 2.33. The van der Waals surface area contributed by atoms with Gasteiger partial charge in [0, 0.05) is 24.8 Å². The van der Waals surface area contributed by atoms with E-state index in [1.165, 1.54) is 0 Å². The standard InChI is InChI=1S/C18H20N2O3/c1-18(17(21)22)8-10-20(13-18)12-14-5-2-3-7-16(14)23-15-6-4-9-19-11-15/h2-7,9,11H,8,10,12-13H2,1H3,(H,21,22). The first-order valence-electron chi connectivity index (χ1n) is 7.68. The molecule has 2 aromatic rings. The third-order valence-electron chi connectivity index (χ3n) is 4.30. The van der Waals surface area contributed by atoms with Crippen LogP contribution >= 0.6 is 0 Å². The maximum Gasteiger partial charge on any atom is 0.310 e. The minimum absolute atomic E-state index is 0.559. The molecular weight excluding hydrogens is 292 g/mol. The Morgan fingerprint density at radius 3 is 2.87 bits per heavy atom. The van der Waals surface area contributed by atoms with Crippen molar-refractivity contribution in [1.82, 2.24) is 9.88 Å². The summed E-state index contributed by atoms with van der Waals surface area (Å²) in [6.45, 7) is 3.83. The number of carbonyl (C=O) groups is 1. The van der Waals surface area contributed by atoms with Crippen molar-refractivity contribution in [2.24, 2.45) is 5.41 Å². The average molecular weight is 312 g/mol. The lowest BCUT2D eigenvalue weighted by Gasteiger charge is -2.21. The van der Waals surface area contributed by atoms with Crippen molar-refractivity contribution < 1.29 is 14.6 Å². The molecule has 1 atom stereocenters. The van der Waals surface area contributed by atoms with E-state index in [4.69, 9.17) is 4.74 Å². The van der Waals surface area contributed by atoms with Crippen LogP contribution in [-0.2, 0) is 11.3 Å². The van der Waals surface area contributed by atoms with Crippen LogP contribution in [0.2, 0.25) is 0 Å². The number of likely N-dealkylation sites (tertiary alicyclic amines) is 1. The Morgan fingerprint density at radius 1 is 1.35 bits per heavy atom. The highest BCUT2D eigenvalue weighted by molar-refractivity contribution is 5.74. The zero-order chi connectivity index (χ0) is 16.3. The maximum atomic E-state index is 11.4. The van der Waals surface area contributed by atoms with Gasteiger partial charge in [0.2, 0.25) is 0 Å². The summed E-state index contributed by atoms with van der Waals surface area (Å²) in [6, 6.07) is 11.5. The summed E-state index contributed by atoms with van der Waals surface area (Å²) in [5, 5.41) is 9.35. The Balaban J connectivity index is 1.73. The fourth-order valence-electron chi connectivity index (χ4n) is 2.88. The van der Waals surface area contributed by atoms with Gasteiger partial charge in [-0.1, -0.05) is 18.2 Å². The molecule has 1 aromatic carbocycles. The molecule has 0 radical (unpaired) electrons. The molecule has 0 bridgehead atoms. The molecule has 0 spiro atoms. The van der Waals surface area contributed by atoms with Gasteiger partial charge in [-0.05, 0) is 38.1 Å². The van der Waals surface area contributed by atoms with Crippen LogP contribution in [-0.4, -0.2) is 34.0 Å². The van der Waals surface area contributed by atoms with Crippen LogP contribution in [0.3, 0.4) is 0 Å². The minimum Gasteiger partial charge on any atom is -0.481 e. The summed E-state index contributed by atoms with van der Waals surface area (Å²) in [7, 11) is 0. The monoisotopic (exact) mass is 312 g/mol. The van der Waals surface area contributed by atoms with E-state index in [2.05, 4.69) is 9.88 Å². The third kappa shape index (κ3) is 3.51. The molecular formula is C18H20N2O3. The number of rotatable bonds is 5. The maximum absolute atomic E-state index is 11.4. The number of para-hydroxylation sites is 1. The lowest BCUT2D eigenvalue weighted by Crippen LogP contribution is -2.31. The van der Waals surface area contributed by atoms with Gasteiger partial charge in [-0.25, -0.2) is 0 Å². The quantitative estimate of drug-likeness (QED) is 0.919. The summed E-state index contributed by atoms with van der Waals surface area (Å²) in [5.41, 5.74) is 0.394. The van der Waals surface area contributed by atoms with Gasteiger partial charge in [0.05, 0.1) is 11.6 Å². The molecule has 2 heterocycles. The van der Waals surface area contributed by atoms with Crippen molar-refractivity contribution in [1.29, 1.82) is 0 Å². The number of benzene rings is 1. The number of carboxylic acids is 1. The topological polar surface area (TPSA) is 62.7 Å². The van der Waals surface area contributed by atoms with Gasteiger partial charge in [0.1, 0.15) is 11.5 Å². The Morgan fingerprint density at radius 2 is 2.17 bits per heavy atom. The highest BCUT2D eigenvalue weighted by atomic mass is 16.5. The zero-order valence-corrected chi connectivity index (χ0v) is 13.1. The van der Waals surface area contributed by atoms with Crippen molar-refractivity contribution >= 4 is 5.97 Å². The van der Waals surface area contributed by atoms with Gasteiger partial charge in [-0.2, -0.15) is 0 Å². The summed E-state index contributed by atoms with van der Waals surface area (Å²) in [4.78, 5) is 17.6. The second kappa shape index (κ2) is 6.38. The van der Waals surface area contributed by atoms with Gasteiger partial charge >= 0.3 is 5.97 Å². The third-order valence-corrected chi connectivity index (χ3v) is 4.30. The molecule has 1 saturated heterocycles. The molecule has 1 unspecified atom stereocenters. The summed E-state index contributed by atoms with van der Waals surface area (Å²) >= 11 is 0. The smallest absolute Gasteiger partial charge is 0.310 e. The van der Waals surface area contributed by atoms with Crippen LogP contribution in [0.5, 0.6) is 11.5 Å². The Kier molecular flexibility index (Phi) is 4.30. The van der Waals surface area contributed by atoms with E-state index < -0.39 is 11.4 Å². The number of carboxylic acid groups (broad SMARTS) is 1. The molecule has 120 valence electrons. The predicted octanol–water partition coefficient (Wildman–Crippen LogP) is 3.17. The second-order valence-electron chi connectivity index (χ2n) is 6.22. The lowest BCUT2D eigenvalue weighted by molar-refractivity contribution is -0.147. The second-order valence-corrected chi connectivity index (χ2v) is 6.22. The van der Waals surface area contributed by atoms with Gasteiger partial charge in [-0.3, -0.25) is 14.7 Å². The van der Waals surface area contributed by atoms with Crippen molar-refractivity contribution in [3.63, 3.8) is 0 Å². The Hall–Kier alpha value is -2.40. The van der Waals surface area contributed by atoms with Gasteiger partial charge in [-0.15, -0.1) is 0 Å². The SMILES string of the molecule is CC1(C(=O)O)CCN(Cc2ccccc2Oc2cccnc2)C1. The van der Waals surface area contributed by atoms with Crippen LogP contribution in [0.4, 0.5) is 0 Å². The summed E-state index contributed by atoms with van der Waals surface area (Å²) in [5.74, 6) is 0.751. The van der Waals surface area contributed by atoms with Crippen molar-refractivity contribution in [2.45, 2.75) is 19.9 Å². The number of pyridine rings is 1. The van der Waals surface area contributed by atoms with Crippen molar-refractivity contribution in [3.8, 4) is 11.5 Å². The van der Waals surface area contributed by atoms with E-state index in [1.807, 2.05) is 43.3 Å². The fraction of sp³-hybridized carbons (Fsp3) is 0.333. The Bertz CT molecular complexity index is 690. The van der Waals surface area contributed by atoms with E-state index in [0.29, 0.717) is 25.3 Å².